The average Bonchev–Trinajstić information content (AvgIpc) is 3.47. The average molecular weight is 451 g/mol. The van der Waals surface area contributed by atoms with Gasteiger partial charge in [0.15, 0.2) is 11.5 Å². The number of hydrogen-bond donors (Lipinski definition) is 1. The number of anilines is 1. The summed E-state index contributed by atoms with van der Waals surface area (Å²) in [6.07, 6.45) is 1.84. The van der Waals surface area contributed by atoms with Crippen molar-refractivity contribution in [3.05, 3.63) is 95.4 Å². The maximum absolute atomic E-state index is 12.8. The zero-order valence-electron chi connectivity index (χ0n) is 18.4. The second kappa shape index (κ2) is 8.11. The molecule has 0 spiro atoms. The van der Waals surface area contributed by atoms with Crippen molar-refractivity contribution in [3.8, 4) is 11.6 Å². The Morgan fingerprint density at radius 3 is 2.74 bits per heavy atom. The van der Waals surface area contributed by atoms with E-state index in [0.717, 1.165) is 28.1 Å². The van der Waals surface area contributed by atoms with Crippen LogP contribution in [0.15, 0.2) is 73.1 Å². The van der Waals surface area contributed by atoms with Crippen molar-refractivity contribution < 1.29 is 9.53 Å². The van der Waals surface area contributed by atoms with E-state index in [1.54, 1.807) is 9.20 Å². The van der Waals surface area contributed by atoms with E-state index in [-0.39, 0.29) is 11.8 Å². The van der Waals surface area contributed by atoms with E-state index in [1.165, 1.54) is 6.33 Å². The summed E-state index contributed by atoms with van der Waals surface area (Å²) in [6.45, 7) is 2.40. The molecular weight excluding hydrogens is 430 g/mol. The Bertz CT molecular complexity index is 1510. The van der Waals surface area contributed by atoms with Gasteiger partial charge in [0.05, 0.1) is 5.69 Å². The lowest BCUT2D eigenvalue weighted by Crippen LogP contribution is -2.25. The monoisotopic (exact) mass is 451 g/mol. The van der Waals surface area contributed by atoms with Gasteiger partial charge < -0.3 is 10.1 Å². The van der Waals surface area contributed by atoms with Gasteiger partial charge in [-0.2, -0.15) is 14.3 Å². The number of para-hydroxylation sites is 1. The number of nitrogens with zero attached hydrogens (tertiary/aromatic N) is 6. The third kappa shape index (κ3) is 3.47. The molecule has 5 aromatic rings. The summed E-state index contributed by atoms with van der Waals surface area (Å²) in [7, 11) is 0. The second-order valence-corrected chi connectivity index (χ2v) is 8.20. The number of rotatable bonds is 5. The number of hydrogen-bond acceptors (Lipinski definition) is 6. The topological polar surface area (TPSA) is 99.2 Å². The van der Waals surface area contributed by atoms with Crippen LogP contribution in [0.2, 0.25) is 0 Å². The van der Waals surface area contributed by atoms with Crippen molar-refractivity contribution in [2.45, 2.75) is 25.9 Å². The van der Waals surface area contributed by atoms with Crippen LogP contribution in [0.4, 0.5) is 5.82 Å². The Balaban J connectivity index is 1.41. The molecule has 6 rings (SSSR count). The highest BCUT2D eigenvalue weighted by atomic mass is 16.5. The number of carbonyl (C=O) groups excluding carboxylic acids is 1. The lowest BCUT2D eigenvalue weighted by atomic mass is 9.85. The summed E-state index contributed by atoms with van der Waals surface area (Å²) >= 11 is 0. The molecule has 34 heavy (non-hydrogen) atoms. The van der Waals surface area contributed by atoms with Crippen LogP contribution in [0, 0.1) is 6.92 Å². The normalized spacial score (nSPS) is 15.2. The molecule has 0 saturated heterocycles. The first-order valence-corrected chi connectivity index (χ1v) is 11.0. The first-order valence-electron chi connectivity index (χ1n) is 11.0. The fourth-order valence-electron chi connectivity index (χ4n) is 4.45. The molecule has 0 saturated carbocycles. The van der Waals surface area contributed by atoms with Gasteiger partial charge in [-0.05, 0) is 30.7 Å². The van der Waals surface area contributed by atoms with E-state index in [4.69, 9.17) is 9.84 Å². The van der Waals surface area contributed by atoms with Gasteiger partial charge in [0, 0.05) is 23.5 Å². The summed E-state index contributed by atoms with van der Waals surface area (Å²) in [4.78, 5) is 12.8. The van der Waals surface area contributed by atoms with Crippen molar-refractivity contribution >= 4 is 17.4 Å². The van der Waals surface area contributed by atoms with E-state index >= 15 is 0 Å². The Kier molecular flexibility index (Phi) is 4.80. The number of carbonyl (C=O) groups is 1. The van der Waals surface area contributed by atoms with Crippen LogP contribution in [0.25, 0.3) is 11.5 Å². The van der Waals surface area contributed by atoms with Crippen LogP contribution in [0.5, 0.6) is 5.75 Å². The molecule has 1 aliphatic heterocycles. The van der Waals surface area contributed by atoms with E-state index in [9.17, 15) is 4.79 Å². The standard InChI is InChI=1S/C25H21N7O2/c1-16-24-19(18-9-5-6-10-20(18)34-14-17-7-3-2-4-8-17)13-23(33)27-25(24)32(29-16)22-12-11-21-28-26-15-31(21)30-22/h2-12,15,19H,13-14H2,1H3,(H,27,33). The van der Waals surface area contributed by atoms with Crippen molar-refractivity contribution in [2.75, 3.05) is 5.32 Å². The summed E-state index contributed by atoms with van der Waals surface area (Å²) < 4.78 is 9.45. The smallest absolute Gasteiger partial charge is 0.226 e. The van der Waals surface area contributed by atoms with Crippen molar-refractivity contribution in [1.29, 1.82) is 0 Å². The van der Waals surface area contributed by atoms with Crippen LogP contribution in [-0.4, -0.2) is 35.5 Å². The molecule has 0 bridgehead atoms. The third-order valence-corrected chi connectivity index (χ3v) is 6.00. The highest BCUT2D eigenvalue weighted by Gasteiger charge is 2.34. The van der Waals surface area contributed by atoms with Gasteiger partial charge >= 0.3 is 0 Å². The minimum absolute atomic E-state index is 0.0816. The zero-order chi connectivity index (χ0) is 23.1. The third-order valence-electron chi connectivity index (χ3n) is 6.00. The van der Waals surface area contributed by atoms with Crippen LogP contribution in [0.3, 0.4) is 0 Å². The highest BCUT2D eigenvalue weighted by Crippen LogP contribution is 2.43. The molecule has 0 fully saturated rings. The quantitative estimate of drug-likeness (QED) is 0.438. The Morgan fingerprint density at radius 1 is 1.03 bits per heavy atom. The maximum Gasteiger partial charge on any atom is 0.226 e. The van der Waals surface area contributed by atoms with E-state index < -0.39 is 0 Å². The lowest BCUT2D eigenvalue weighted by Gasteiger charge is -2.26. The molecule has 0 radical (unpaired) electrons. The van der Waals surface area contributed by atoms with E-state index in [2.05, 4.69) is 20.6 Å². The number of aryl methyl sites for hydroxylation is 1. The van der Waals surface area contributed by atoms with Gasteiger partial charge in [-0.1, -0.05) is 48.5 Å². The number of aromatic nitrogens is 6. The molecule has 1 aliphatic rings. The number of benzene rings is 2. The Hall–Kier alpha value is -4.53. The molecule has 4 heterocycles. The molecule has 1 atom stereocenters. The predicted molar refractivity (Wildman–Crippen MR) is 125 cm³/mol. The number of nitrogens with one attached hydrogen (secondary N) is 1. The lowest BCUT2D eigenvalue weighted by molar-refractivity contribution is -0.116. The number of amides is 1. The highest BCUT2D eigenvalue weighted by molar-refractivity contribution is 5.95. The zero-order valence-corrected chi connectivity index (χ0v) is 18.4. The van der Waals surface area contributed by atoms with Crippen LogP contribution >= 0.6 is 0 Å². The first-order chi connectivity index (χ1) is 16.7. The summed E-state index contributed by atoms with van der Waals surface area (Å²) in [5.41, 5.74) is 4.45. The van der Waals surface area contributed by atoms with Crippen molar-refractivity contribution in [2.24, 2.45) is 0 Å². The number of ether oxygens (including phenoxy) is 1. The molecule has 168 valence electrons. The van der Waals surface area contributed by atoms with E-state index in [1.807, 2.05) is 73.7 Å². The largest absolute Gasteiger partial charge is 0.489 e. The number of fused-ring (bicyclic) bond motifs is 2. The van der Waals surface area contributed by atoms with Crippen LogP contribution < -0.4 is 10.1 Å². The molecule has 9 heteroatoms. The van der Waals surface area contributed by atoms with Crippen molar-refractivity contribution in [3.63, 3.8) is 0 Å². The Morgan fingerprint density at radius 2 is 1.85 bits per heavy atom. The van der Waals surface area contributed by atoms with Gasteiger partial charge in [0.2, 0.25) is 5.91 Å². The molecule has 1 N–H and O–H groups in total. The summed E-state index contributed by atoms with van der Waals surface area (Å²) in [5.74, 6) is 1.67. The van der Waals surface area contributed by atoms with Gasteiger partial charge in [-0.15, -0.1) is 15.3 Å². The molecule has 1 unspecified atom stereocenters. The van der Waals surface area contributed by atoms with Crippen molar-refractivity contribution in [1.82, 2.24) is 29.6 Å². The minimum Gasteiger partial charge on any atom is -0.489 e. The molecule has 1 amide bonds. The first kappa shape index (κ1) is 20.1. The fourth-order valence-corrected chi connectivity index (χ4v) is 4.45. The van der Waals surface area contributed by atoms with Crippen LogP contribution in [-0.2, 0) is 11.4 Å². The summed E-state index contributed by atoms with van der Waals surface area (Å²) in [6, 6.07) is 21.5. The second-order valence-electron chi connectivity index (χ2n) is 8.20. The fraction of sp³-hybridized carbons (Fsp3) is 0.160. The Labute approximate surface area is 195 Å². The van der Waals surface area contributed by atoms with Crippen LogP contribution in [0.1, 0.15) is 34.7 Å². The van der Waals surface area contributed by atoms with E-state index in [0.29, 0.717) is 30.3 Å². The molecule has 9 nitrogen and oxygen atoms in total. The minimum atomic E-state index is -0.192. The van der Waals surface area contributed by atoms with Gasteiger partial charge in [0.25, 0.3) is 0 Å². The molecular formula is C25H21N7O2. The summed E-state index contributed by atoms with van der Waals surface area (Å²) in [5, 5.41) is 20.2. The predicted octanol–water partition coefficient (Wildman–Crippen LogP) is 3.67. The van der Waals surface area contributed by atoms with Gasteiger partial charge in [0.1, 0.15) is 24.5 Å². The van der Waals surface area contributed by atoms with Gasteiger partial charge in [-0.25, -0.2) is 0 Å². The van der Waals surface area contributed by atoms with Gasteiger partial charge in [-0.3, -0.25) is 4.79 Å². The molecule has 2 aromatic carbocycles. The maximum atomic E-state index is 12.8. The molecule has 0 aliphatic carbocycles. The molecule has 3 aromatic heterocycles. The SMILES string of the molecule is Cc1nn(-c2ccc3nncn3n2)c2c1C(c1ccccc1OCc1ccccc1)CC(=O)N2.